The van der Waals surface area contributed by atoms with Gasteiger partial charge in [-0.1, -0.05) is 17.7 Å². The summed E-state index contributed by atoms with van der Waals surface area (Å²) < 4.78 is 44.3. The van der Waals surface area contributed by atoms with Gasteiger partial charge in [0.1, 0.15) is 12.3 Å². The molecule has 41 heavy (non-hydrogen) atoms. The summed E-state index contributed by atoms with van der Waals surface area (Å²) in [5, 5.41) is 6.70. The van der Waals surface area contributed by atoms with Crippen LogP contribution in [0.3, 0.4) is 0 Å². The summed E-state index contributed by atoms with van der Waals surface area (Å²) >= 11 is 0. The number of hydrazone groups is 1. The van der Waals surface area contributed by atoms with Crippen LogP contribution in [0.5, 0.6) is 17.2 Å². The van der Waals surface area contributed by atoms with E-state index >= 15 is 0 Å². The van der Waals surface area contributed by atoms with Crippen LogP contribution in [0.25, 0.3) is 0 Å². The molecule has 12 heteroatoms. The number of ether oxygens (including phenoxy) is 3. The molecule has 2 amide bonds. The largest absolute Gasteiger partial charge is 0.493 e. The Bertz CT molecular complexity index is 1470. The lowest BCUT2D eigenvalue weighted by molar-refractivity contribution is -0.123. The molecule has 218 valence electrons. The van der Waals surface area contributed by atoms with Gasteiger partial charge in [-0.05, 0) is 74.9 Å². The average molecular weight is 583 g/mol. The van der Waals surface area contributed by atoms with Crippen molar-refractivity contribution >= 4 is 33.7 Å². The lowest BCUT2D eigenvalue weighted by Crippen LogP contribution is -2.39. The SMILES string of the molecule is COc1ccc(S(=O)(=O)N(CC(=O)N/N=C\c2ccc(OCC(=O)NC(C)C)cc2)c2ccc(C)cc2)cc1OC. The first-order chi connectivity index (χ1) is 19.5. The third-order valence-corrected chi connectivity index (χ3v) is 7.42. The van der Waals surface area contributed by atoms with Gasteiger partial charge in [-0.15, -0.1) is 0 Å². The van der Waals surface area contributed by atoms with Gasteiger partial charge < -0.3 is 19.5 Å². The van der Waals surface area contributed by atoms with Crippen molar-refractivity contribution in [1.29, 1.82) is 0 Å². The third-order valence-electron chi connectivity index (χ3n) is 5.65. The molecule has 2 N–H and O–H groups in total. The van der Waals surface area contributed by atoms with Crippen molar-refractivity contribution in [3.8, 4) is 17.2 Å². The van der Waals surface area contributed by atoms with Gasteiger partial charge in [0.05, 0.1) is 31.0 Å². The number of carbonyl (C=O) groups excluding carboxylic acids is 2. The first-order valence-corrected chi connectivity index (χ1v) is 14.1. The molecule has 0 saturated heterocycles. The lowest BCUT2D eigenvalue weighted by atomic mass is 10.2. The fraction of sp³-hybridized carbons (Fsp3) is 0.276. The van der Waals surface area contributed by atoms with E-state index in [2.05, 4.69) is 15.8 Å². The standard InChI is InChI=1S/C29H34N4O7S/c1-20(2)31-29(35)19-40-24-12-8-22(9-13-24)17-30-32-28(34)18-33(23-10-6-21(3)7-11-23)41(36,37)25-14-15-26(38-4)27(16-25)39-5/h6-17,20H,18-19H2,1-5H3,(H,31,35)(H,32,34)/b30-17-. The number of hydrogen-bond acceptors (Lipinski definition) is 8. The van der Waals surface area contributed by atoms with E-state index in [4.69, 9.17) is 14.2 Å². The molecule has 0 saturated carbocycles. The molecule has 0 spiro atoms. The highest BCUT2D eigenvalue weighted by atomic mass is 32.2. The molecule has 0 aliphatic carbocycles. The van der Waals surface area contributed by atoms with Crippen LogP contribution in [-0.2, 0) is 19.6 Å². The van der Waals surface area contributed by atoms with Crippen LogP contribution < -0.4 is 29.3 Å². The molecule has 0 aliphatic rings. The number of sulfonamides is 1. The number of nitrogens with one attached hydrogen (secondary N) is 2. The van der Waals surface area contributed by atoms with Gasteiger partial charge >= 0.3 is 0 Å². The molecule has 0 bridgehead atoms. The smallest absolute Gasteiger partial charge is 0.264 e. The first kappa shape index (κ1) is 31.0. The highest BCUT2D eigenvalue weighted by molar-refractivity contribution is 7.92. The molecule has 0 aromatic heterocycles. The maximum atomic E-state index is 13.7. The predicted octanol–water partition coefficient (Wildman–Crippen LogP) is 3.26. The van der Waals surface area contributed by atoms with Crippen molar-refractivity contribution < 1.29 is 32.2 Å². The van der Waals surface area contributed by atoms with Crippen LogP contribution in [0.2, 0.25) is 0 Å². The van der Waals surface area contributed by atoms with Gasteiger partial charge in [0.15, 0.2) is 18.1 Å². The Labute approximate surface area is 240 Å². The molecule has 3 aromatic rings. The quantitative estimate of drug-likeness (QED) is 0.233. The second-order valence-corrected chi connectivity index (χ2v) is 11.1. The zero-order valence-electron chi connectivity index (χ0n) is 23.6. The minimum Gasteiger partial charge on any atom is -0.493 e. The van der Waals surface area contributed by atoms with Crippen LogP contribution in [0.4, 0.5) is 5.69 Å². The van der Waals surface area contributed by atoms with Crippen molar-refractivity contribution in [3.05, 3.63) is 77.9 Å². The first-order valence-electron chi connectivity index (χ1n) is 12.7. The second-order valence-electron chi connectivity index (χ2n) is 9.24. The van der Waals surface area contributed by atoms with Crippen molar-refractivity contribution in [2.45, 2.75) is 31.7 Å². The number of hydrogen-bond donors (Lipinski definition) is 2. The van der Waals surface area contributed by atoms with Gasteiger partial charge in [-0.2, -0.15) is 5.10 Å². The van der Waals surface area contributed by atoms with Crippen LogP contribution in [0, 0.1) is 6.92 Å². The highest BCUT2D eigenvalue weighted by Crippen LogP contribution is 2.32. The van der Waals surface area contributed by atoms with E-state index in [9.17, 15) is 18.0 Å². The summed E-state index contributed by atoms with van der Waals surface area (Å²) in [4.78, 5) is 24.5. The van der Waals surface area contributed by atoms with Crippen LogP contribution in [-0.4, -0.2) is 59.9 Å². The zero-order valence-corrected chi connectivity index (χ0v) is 24.4. The topological polar surface area (TPSA) is 136 Å². The van der Waals surface area contributed by atoms with Crippen LogP contribution in [0.1, 0.15) is 25.0 Å². The maximum absolute atomic E-state index is 13.7. The lowest BCUT2D eigenvalue weighted by Gasteiger charge is -2.24. The summed E-state index contributed by atoms with van der Waals surface area (Å²) in [5.41, 5.74) is 4.27. The number of carbonyl (C=O) groups is 2. The Balaban J connectivity index is 1.72. The number of nitrogens with zero attached hydrogens (tertiary/aromatic N) is 2. The van der Waals surface area contributed by atoms with Gasteiger partial charge in [-0.3, -0.25) is 13.9 Å². The van der Waals surface area contributed by atoms with Crippen molar-refractivity contribution in [3.63, 3.8) is 0 Å². The molecule has 3 aromatic carbocycles. The highest BCUT2D eigenvalue weighted by Gasteiger charge is 2.28. The molecule has 3 rings (SSSR count). The molecular weight excluding hydrogens is 548 g/mol. The second kappa shape index (κ2) is 14.2. The molecular formula is C29H34N4O7S. The maximum Gasteiger partial charge on any atom is 0.264 e. The number of methoxy groups -OCH3 is 2. The summed E-state index contributed by atoms with van der Waals surface area (Å²) in [5.74, 6) is 0.237. The molecule has 0 fully saturated rings. The molecule has 11 nitrogen and oxygen atoms in total. The van der Waals surface area contributed by atoms with E-state index in [0.29, 0.717) is 22.7 Å². The summed E-state index contributed by atoms with van der Waals surface area (Å²) in [6.45, 7) is 4.97. The molecule has 0 unspecified atom stereocenters. The van der Waals surface area contributed by atoms with Gasteiger partial charge in [0.25, 0.3) is 21.8 Å². The average Bonchev–Trinajstić information content (AvgIpc) is 2.95. The van der Waals surface area contributed by atoms with E-state index in [1.54, 1.807) is 48.5 Å². The summed E-state index contributed by atoms with van der Waals surface area (Å²) in [6.07, 6.45) is 1.41. The van der Waals surface area contributed by atoms with Crippen molar-refractivity contribution in [1.82, 2.24) is 10.7 Å². The molecule has 0 aliphatic heterocycles. The Morgan fingerprint density at radius 1 is 0.927 bits per heavy atom. The Morgan fingerprint density at radius 3 is 2.20 bits per heavy atom. The van der Waals surface area contributed by atoms with E-state index < -0.39 is 22.5 Å². The number of aryl methyl sites for hydroxylation is 1. The number of rotatable bonds is 13. The number of benzene rings is 3. The minimum absolute atomic E-state index is 0.0231. The monoisotopic (exact) mass is 582 g/mol. The fourth-order valence-electron chi connectivity index (χ4n) is 3.64. The van der Waals surface area contributed by atoms with E-state index in [0.717, 1.165) is 9.87 Å². The fourth-order valence-corrected chi connectivity index (χ4v) is 5.07. The zero-order chi connectivity index (χ0) is 30.0. The van der Waals surface area contributed by atoms with Crippen molar-refractivity contribution in [2.75, 3.05) is 31.7 Å². The van der Waals surface area contributed by atoms with Crippen molar-refractivity contribution in [2.24, 2.45) is 5.10 Å². The molecule has 0 atom stereocenters. The van der Waals surface area contributed by atoms with E-state index in [1.807, 2.05) is 20.8 Å². The normalized spacial score (nSPS) is 11.3. The van der Waals surface area contributed by atoms with Crippen LogP contribution >= 0.6 is 0 Å². The molecule has 0 heterocycles. The minimum atomic E-state index is -4.18. The van der Waals surface area contributed by atoms with Crippen LogP contribution in [0.15, 0.2) is 76.7 Å². The number of amides is 2. The number of anilines is 1. The molecule has 0 radical (unpaired) electrons. The van der Waals surface area contributed by atoms with Gasteiger partial charge in [-0.25, -0.2) is 13.8 Å². The van der Waals surface area contributed by atoms with E-state index in [-0.39, 0.29) is 29.2 Å². The Kier molecular flexibility index (Phi) is 10.7. The summed E-state index contributed by atoms with van der Waals surface area (Å²) in [7, 11) is -1.32. The van der Waals surface area contributed by atoms with Gasteiger partial charge in [0, 0.05) is 12.1 Å². The summed E-state index contributed by atoms with van der Waals surface area (Å²) in [6, 6.07) is 17.7. The predicted molar refractivity (Wildman–Crippen MR) is 156 cm³/mol. The Hall–Kier alpha value is -4.58. The third kappa shape index (κ3) is 8.70. The van der Waals surface area contributed by atoms with Gasteiger partial charge in [0.2, 0.25) is 0 Å². The van der Waals surface area contributed by atoms with E-state index in [1.165, 1.54) is 38.6 Å². The Morgan fingerprint density at radius 2 is 1.59 bits per heavy atom.